The zero-order valence-electron chi connectivity index (χ0n) is 17.6. The number of aromatic nitrogens is 2. The Kier molecular flexibility index (Phi) is 4.55. The van der Waals surface area contributed by atoms with Gasteiger partial charge in [-0.25, -0.2) is 9.78 Å². The number of ether oxygens (including phenoxy) is 1. The topological polar surface area (TPSA) is 69.1 Å². The van der Waals surface area contributed by atoms with Gasteiger partial charge in [-0.15, -0.1) is 0 Å². The highest BCUT2D eigenvalue weighted by Gasteiger charge is 2.21. The fourth-order valence-electron chi connectivity index (χ4n) is 3.91. The summed E-state index contributed by atoms with van der Waals surface area (Å²) in [5.41, 5.74) is 3.93. The van der Waals surface area contributed by atoms with Crippen molar-refractivity contribution in [3.05, 3.63) is 94.2 Å². The number of imidazole rings is 1. The molecule has 0 fully saturated rings. The fraction of sp³-hybridized carbons (Fsp3) is 0.0385. The van der Waals surface area contributed by atoms with E-state index in [9.17, 15) is 4.79 Å². The van der Waals surface area contributed by atoms with Gasteiger partial charge in [0.05, 0.1) is 40.0 Å². The van der Waals surface area contributed by atoms with Crippen LogP contribution in [0.5, 0.6) is 5.75 Å². The summed E-state index contributed by atoms with van der Waals surface area (Å²) in [6, 6.07) is 24.7. The molecule has 3 aromatic heterocycles. The van der Waals surface area contributed by atoms with Gasteiger partial charge in [0.15, 0.2) is 4.96 Å². The second-order valence-electron chi connectivity index (χ2n) is 7.48. The number of para-hydroxylation sites is 3. The van der Waals surface area contributed by atoms with Crippen LogP contribution in [0.2, 0.25) is 0 Å². The first kappa shape index (κ1) is 19.5. The number of methoxy groups -OCH3 is 1. The van der Waals surface area contributed by atoms with Crippen LogP contribution in [0.1, 0.15) is 4.88 Å². The number of fused-ring (bicyclic) bond motifs is 4. The SMILES string of the molecule is COc1ccc(N=Cc2sc3nc4ccccc4n3c2-c2cc3ccccc3oc2=O)cc1. The highest BCUT2D eigenvalue weighted by Crippen LogP contribution is 2.34. The van der Waals surface area contributed by atoms with Gasteiger partial charge in [-0.05, 0) is 48.5 Å². The average molecular weight is 452 g/mol. The number of hydrogen-bond acceptors (Lipinski definition) is 6. The lowest BCUT2D eigenvalue weighted by Crippen LogP contribution is -2.05. The molecule has 0 atom stereocenters. The van der Waals surface area contributed by atoms with E-state index in [0.29, 0.717) is 11.1 Å². The van der Waals surface area contributed by atoms with Crippen LogP contribution in [-0.4, -0.2) is 22.7 Å². The Morgan fingerprint density at radius 2 is 1.82 bits per heavy atom. The zero-order chi connectivity index (χ0) is 22.4. The molecule has 0 saturated carbocycles. The summed E-state index contributed by atoms with van der Waals surface area (Å²) >= 11 is 1.48. The number of aliphatic imine (C=N–C) groups is 1. The highest BCUT2D eigenvalue weighted by atomic mass is 32.1. The van der Waals surface area contributed by atoms with Crippen LogP contribution in [0.15, 0.2) is 93.1 Å². The monoisotopic (exact) mass is 451 g/mol. The van der Waals surface area contributed by atoms with E-state index >= 15 is 0 Å². The molecule has 0 amide bonds. The van der Waals surface area contributed by atoms with Crippen molar-refractivity contribution >= 4 is 50.2 Å². The van der Waals surface area contributed by atoms with Crippen LogP contribution >= 0.6 is 11.3 Å². The minimum absolute atomic E-state index is 0.398. The van der Waals surface area contributed by atoms with Crippen LogP contribution < -0.4 is 10.4 Å². The summed E-state index contributed by atoms with van der Waals surface area (Å²) in [6.45, 7) is 0. The lowest BCUT2D eigenvalue weighted by Gasteiger charge is -2.04. The van der Waals surface area contributed by atoms with Crippen LogP contribution in [0.4, 0.5) is 5.69 Å². The molecule has 3 heterocycles. The molecule has 6 rings (SSSR count). The second-order valence-corrected chi connectivity index (χ2v) is 8.48. The molecule has 6 aromatic rings. The molecule has 6 nitrogen and oxygen atoms in total. The quantitative estimate of drug-likeness (QED) is 0.241. The minimum Gasteiger partial charge on any atom is -0.497 e. The number of benzene rings is 3. The van der Waals surface area contributed by atoms with Crippen molar-refractivity contribution in [1.29, 1.82) is 0 Å². The van der Waals surface area contributed by atoms with Gasteiger partial charge in [-0.2, -0.15) is 0 Å². The fourth-order valence-corrected chi connectivity index (χ4v) is 4.94. The molecule has 0 aliphatic rings. The van der Waals surface area contributed by atoms with Crippen LogP contribution in [0.3, 0.4) is 0 Å². The van der Waals surface area contributed by atoms with E-state index in [4.69, 9.17) is 14.1 Å². The molecule has 7 heteroatoms. The first-order valence-electron chi connectivity index (χ1n) is 10.3. The maximum Gasteiger partial charge on any atom is 0.345 e. The molecular weight excluding hydrogens is 434 g/mol. The van der Waals surface area contributed by atoms with E-state index in [1.165, 1.54) is 11.3 Å². The maximum absolute atomic E-state index is 13.1. The molecule has 160 valence electrons. The third-order valence-corrected chi connectivity index (χ3v) is 6.46. The zero-order valence-corrected chi connectivity index (χ0v) is 18.4. The van der Waals surface area contributed by atoms with Gasteiger partial charge in [0, 0.05) is 11.6 Å². The first-order valence-corrected chi connectivity index (χ1v) is 11.1. The third kappa shape index (κ3) is 3.30. The van der Waals surface area contributed by atoms with Gasteiger partial charge in [0.1, 0.15) is 11.3 Å². The first-order chi connectivity index (χ1) is 16.2. The smallest absolute Gasteiger partial charge is 0.345 e. The molecule has 0 N–H and O–H groups in total. The van der Waals surface area contributed by atoms with Crippen molar-refractivity contribution in [3.8, 4) is 17.0 Å². The Hall–Kier alpha value is -4.23. The average Bonchev–Trinajstić information content (AvgIpc) is 3.38. The standard InChI is InChI=1S/C26H17N3O3S/c1-31-18-12-10-17(11-13-18)27-15-23-24(19-14-16-6-2-5-9-22(16)32-25(19)30)29-21-8-4-3-7-20(21)28-26(29)33-23/h2-15H,1H3. The van der Waals surface area contributed by atoms with Gasteiger partial charge < -0.3 is 9.15 Å². The summed E-state index contributed by atoms with van der Waals surface area (Å²) in [4.78, 5) is 24.1. The van der Waals surface area contributed by atoms with Crippen molar-refractivity contribution in [2.24, 2.45) is 4.99 Å². The van der Waals surface area contributed by atoms with Gasteiger partial charge in [0.2, 0.25) is 0 Å². The molecule has 0 radical (unpaired) electrons. The highest BCUT2D eigenvalue weighted by molar-refractivity contribution is 7.19. The van der Waals surface area contributed by atoms with Crippen LogP contribution in [0, 0.1) is 0 Å². The largest absolute Gasteiger partial charge is 0.497 e. The number of thiazole rings is 1. The maximum atomic E-state index is 13.1. The van der Waals surface area contributed by atoms with Gasteiger partial charge in [-0.1, -0.05) is 41.7 Å². The summed E-state index contributed by atoms with van der Waals surface area (Å²) in [5.74, 6) is 0.768. The molecule has 0 spiro atoms. The predicted octanol–water partition coefficient (Wildman–Crippen LogP) is 6.08. The summed E-state index contributed by atoms with van der Waals surface area (Å²) in [7, 11) is 1.63. The lowest BCUT2D eigenvalue weighted by atomic mass is 10.1. The van der Waals surface area contributed by atoms with E-state index < -0.39 is 5.63 Å². The molecule has 0 aliphatic heterocycles. The number of rotatable bonds is 4. The molecule has 0 bridgehead atoms. The molecule has 33 heavy (non-hydrogen) atoms. The van der Waals surface area contributed by atoms with Crippen LogP contribution in [0.25, 0.3) is 38.2 Å². The summed E-state index contributed by atoms with van der Waals surface area (Å²) < 4.78 is 12.9. The molecule has 0 aliphatic carbocycles. The molecule has 0 unspecified atom stereocenters. The predicted molar refractivity (Wildman–Crippen MR) is 132 cm³/mol. The number of hydrogen-bond donors (Lipinski definition) is 0. The summed E-state index contributed by atoms with van der Waals surface area (Å²) in [6.07, 6.45) is 1.78. The van der Waals surface area contributed by atoms with Crippen molar-refractivity contribution in [1.82, 2.24) is 9.38 Å². The van der Waals surface area contributed by atoms with Crippen molar-refractivity contribution in [2.45, 2.75) is 0 Å². The molecular formula is C26H17N3O3S. The van der Waals surface area contributed by atoms with Crippen LogP contribution in [-0.2, 0) is 0 Å². The normalized spacial score (nSPS) is 11.8. The van der Waals surface area contributed by atoms with Gasteiger partial charge in [0.25, 0.3) is 0 Å². The summed E-state index contributed by atoms with van der Waals surface area (Å²) in [5, 5.41) is 0.855. The Bertz CT molecular complexity index is 1730. The Morgan fingerprint density at radius 1 is 1.03 bits per heavy atom. The van der Waals surface area contributed by atoms with Crippen molar-refractivity contribution in [2.75, 3.05) is 7.11 Å². The van der Waals surface area contributed by atoms with Gasteiger partial charge in [-0.3, -0.25) is 9.39 Å². The van der Waals surface area contributed by atoms with E-state index in [0.717, 1.165) is 43.4 Å². The van der Waals surface area contributed by atoms with Crippen molar-refractivity contribution < 1.29 is 9.15 Å². The van der Waals surface area contributed by atoms with Gasteiger partial charge >= 0.3 is 5.63 Å². The minimum atomic E-state index is -0.398. The third-order valence-electron chi connectivity index (χ3n) is 5.49. The van der Waals surface area contributed by atoms with Crippen molar-refractivity contribution in [3.63, 3.8) is 0 Å². The molecule has 3 aromatic carbocycles. The van der Waals surface area contributed by atoms with E-state index in [-0.39, 0.29) is 0 Å². The van der Waals surface area contributed by atoms with E-state index in [1.807, 2.05) is 77.2 Å². The Morgan fingerprint density at radius 3 is 2.67 bits per heavy atom. The second kappa shape index (κ2) is 7.72. The van der Waals surface area contributed by atoms with E-state index in [2.05, 4.69) is 4.99 Å². The van der Waals surface area contributed by atoms with E-state index in [1.54, 1.807) is 19.4 Å². The molecule has 0 saturated heterocycles. The Balaban J connectivity index is 1.60. The number of nitrogens with zero attached hydrogens (tertiary/aromatic N) is 3. The Labute approximate surface area is 192 Å². The lowest BCUT2D eigenvalue weighted by molar-refractivity contribution is 0.415.